The number of anilines is 1. The Kier molecular flexibility index (Phi) is 6.80. The highest BCUT2D eigenvalue weighted by atomic mass is 16.5. The van der Waals surface area contributed by atoms with Crippen LogP contribution in [0.5, 0.6) is 0 Å². The van der Waals surface area contributed by atoms with E-state index in [-0.39, 0.29) is 24.9 Å². The maximum absolute atomic E-state index is 9.83. The lowest BCUT2D eigenvalue weighted by atomic mass is 9.91. The molecule has 1 saturated heterocycles. The van der Waals surface area contributed by atoms with Gasteiger partial charge in [0.1, 0.15) is 12.8 Å². The smallest absolute Gasteiger partial charge is 0.168 e. The van der Waals surface area contributed by atoms with Crippen molar-refractivity contribution in [3.05, 3.63) is 83.9 Å². The van der Waals surface area contributed by atoms with E-state index in [0.717, 1.165) is 12.8 Å². The van der Waals surface area contributed by atoms with Gasteiger partial charge in [0, 0.05) is 19.6 Å². The zero-order valence-electron chi connectivity index (χ0n) is 19.2. The Morgan fingerprint density at radius 1 is 1.06 bits per heavy atom. The van der Waals surface area contributed by atoms with E-state index in [9.17, 15) is 5.11 Å². The van der Waals surface area contributed by atoms with Crippen LogP contribution in [0.1, 0.15) is 41.9 Å². The minimum Gasteiger partial charge on any atom is -0.388 e. The second kappa shape index (κ2) is 10.3. The molecular formula is C26H29N5O3. The molecular weight excluding hydrogens is 430 g/mol. The Hall–Kier alpha value is -3.33. The number of aliphatic hydroxyl groups excluding tert-OH is 1. The van der Waals surface area contributed by atoms with Crippen molar-refractivity contribution in [2.24, 2.45) is 0 Å². The Morgan fingerprint density at radius 3 is 2.41 bits per heavy atom. The monoisotopic (exact) mass is 459 g/mol. The molecule has 0 radical (unpaired) electrons. The largest absolute Gasteiger partial charge is 0.388 e. The fourth-order valence-corrected chi connectivity index (χ4v) is 4.56. The van der Waals surface area contributed by atoms with Crippen molar-refractivity contribution < 1.29 is 14.6 Å². The topological polar surface area (TPSA) is 94.3 Å². The molecule has 1 fully saturated rings. The summed E-state index contributed by atoms with van der Waals surface area (Å²) in [6, 6.07) is 20.8. The number of hydrogen-bond acceptors (Lipinski definition) is 7. The van der Waals surface area contributed by atoms with Crippen molar-refractivity contribution in [3.8, 4) is 0 Å². The second-order valence-electron chi connectivity index (χ2n) is 8.47. The van der Waals surface area contributed by atoms with E-state index in [4.69, 9.17) is 9.47 Å². The van der Waals surface area contributed by atoms with Crippen molar-refractivity contribution >= 4 is 17.0 Å². The first-order valence-corrected chi connectivity index (χ1v) is 11.6. The van der Waals surface area contributed by atoms with E-state index in [1.165, 1.54) is 11.1 Å². The highest BCUT2D eigenvalue weighted by molar-refractivity contribution is 5.83. The molecule has 1 aliphatic heterocycles. The Bertz CT molecular complexity index is 1180. The summed E-state index contributed by atoms with van der Waals surface area (Å²) in [7, 11) is 1.68. The van der Waals surface area contributed by atoms with E-state index < -0.39 is 0 Å². The fourth-order valence-electron chi connectivity index (χ4n) is 4.56. The van der Waals surface area contributed by atoms with Gasteiger partial charge in [0.05, 0.1) is 19.0 Å². The van der Waals surface area contributed by atoms with E-state index in [1.807, 2.05) is 16.7 Å². The maximum atomic E-state index is 9.83. The predicted octanol–water partition coefficient (Wildman–Crippen LogP) is 3.89. The molecule has 176 valence electrons. The van der Waals surface area contributed by atoms with E-state index in [0.29, 0.717) is 36.0 Å². The summed E-state index contributed by atoms with van der Waals surface area (Å²) in [5, 5.41) is 13.3. The molecule has 8 heteroatoms. The summed E-state index contributed by atoms with van der Waals surface area (Å²) < 4.78 is 13.3. The van der Waals surface area contributed by atoms with Gasteiger partial charge < -0.3 is 19.9 Å². The van der Waals surface area contributed by atoms with Crippen LogP contribution in [0.2, 0.25) is 0 Å². The molecule has 3 heterocycles. The van der Waals surface area contributed by atoms with Gasteiger partial charge in [0.2, 0.25) is 0 Å². The first-order valence-electron chi connectivity index (χ1n) is 11.6. The molecule has 2 aromatic heterocycles. The summed E-state index contributed by atoms with van der Waals surface area (Å²) in [6.07, 6.45) is 3.40. The molecule has 0 bridgehead atoms. The molecule has 0 saturated carbocycles. The Morgan fingerprint density at radius 2 is 1.76 bits per heavy atom. The number of imidazole rings is 1. The molecule has 0 spiro atoms. The van der Waals surface area contributed by atoms with Crippen LogP contribution in [0.3, 0.4) is 0 Å². The summed E-state index contributed by atoms with van der Waals surface area (Å²) in [5.74, 6) is 1.08. The molecule has 2 atom stereocenters. The summed E-state index contributed by atoms with van der Waals surface area (Å²) in [5.41, 5.74) is 3.74. The molecule has 2 N–H and O–H groups in total. The van der Waals surface area contributed by atoms with Gasteiger partial charge in [-0.05, 0) is 24.0 Å². The van der Waals surface area contributed by atoms with Crippen LogP contribution in [0.25, 0.3) is 11.2 Å². The van der Waals surface area contributed by atoms with Crippen LogP contribution in [0.4, 0.5) is 5.82 Å². The van der Waals surface area contributed by atoms with Crippen LogP contribution in [-0.4, -0.2) is 51.0 Å². The molecule has 34 heavy (non-hydrogen) atoms. The summed E-state index contributed by atoms with van der Waals surface area (Å²) in [6.45, 7) is 0.926. The Labute approximate surface area is 198 Å². The normalized spacial score (nSPS) is 18.1. The zero-order chi connectivity index (χ0) is 23.3. The second-order valence-corrected chi connectivity index (χ2v) is 8.47. The minimum absolute atomic E-state index is 0.0571. The van der Waals surface area contributed by atoms with E-state index >= 15 is 0 Å². The number of rotatable bonds is 9. The number of methoxy groups -OCH3 is 1. The first kappa shape index (κ1) is 22.5. The van der Waals surface area contributed by atoms with Crippen molar-refractivity contribution in [2.45, 2.75) is 37.7 Å². The number of hydrogen-bond donors (Lipinski definition) is 2. The summed E-state index contributed by atoms with van der Waals surface area (Å²) in [4.78, 5) is 13.7. The van der Waals surface area contributed by atoms with Gasteiger partial charge in [-0.1, -0.05) is 60.7 Å². The number of aliphatic hydroxyl groups is 1. The molecule has 4 aromatic rings. The van der Waals surface area contributed by atoms with Gasteiger partial charge >= 0.3 is 0 Å². The molecule has 8 nitrogen and oxygen atoms in total. The van der Waals surface area contributed by atoms with Crippen molar-refractivity contribution in [3.63, 3.8) is 0 Å². The van der Waals surface area contributed by atoms with Gasteiger partial charge in [-0.15, -0.1) is 0 Å². The van der Waals surface area contributed by atoms with Crippen molar-refractivity contribution in [2.75, 3.05) is 25.6 Å². The molecule has 2 aromatic carbocycles. The molecule has 0 amide bonds. The summed E-state index contributed by atoms with van der Waals surface area (Å²) >= 11 is 0. The highest BCUT2D eigenvalue weighted by Gasteiger charge is 2.28. The average Bonchev–Trinajstić information content (AvgIpc) is 3.52. The third kappa shape index (κ3) is 4.65. The van der Waals surface area contributed by atoms with Crippen LogP contribution in [0, 0.1) is 0 Å². The molecule has 0 aliphatic carbocycles. The number of benzene rings is 2. The van der Waals surface area contributed by atoms with Crippen LogP contribution in [0.15, 0.2) is 67.0 Å². The van der Waals surface area contributed by atoms with Gasteiger partial charge in [-0.25, -0.2) is 15.0 Å². The Balaban J connectivity index is 1.44. The van der Waals surface area contributed by atoms with E-state index in [2.05, 4.69) is 68.8 Å². The molecule has 1 aliphatic rings. The quantitative estimate of drug-likeness (QED) is 0.392. The standard InChI is InChI=1S/C26H29N5O3/c1-33-16-20-12-13-23(34-20)31-17-28-24-25(29-22(15-32)30-26(24)31)27-14-21(18-8-4-2-5-9-18)19-10-6-3-7-11-19/h2-11,17,20-21,23,32H,12-16H2,1H3,(H,27,29,30)/t20-,23+/m0/s1. The van der Waals surface area contributed by atoms with E-state index in [1.54, 1.807) is 13.4 Å². The van der Waals surface area contributed by atoms with Gasteiger partial charge in [-0.3, -0.25) is 4.57 Å². The molecule has 5 rings (SSSR count). The lowest BCUT2D eigenvalue weighted by Gasteiger charge is -2.19. The van der Waals surface area contributed by atoms with Gasteiger partial charge in [0.25, 0.3) is 0 Å². The predicted molar refractivity (Wildman–Crippen MR) is 129 cm³/mol. The zero-order valence-corrected chi connectivity index (χ0v) is 19.2. The number of fused-ring (bicyclic) bond motifs is 1. The average molecular weight is 460 g/mol. The lowest BCUT2D eigenvalue weighted by molar-refractivity contribution is -0.0300. The molecule has 0 unspecified atom stereocenters. The highest BCUT2D eigenvalue weighted by Crippen LogP contribution is 2.32. The minimum atomic E-state index is -0.256. The number of nitrogens with zero attached hydrogens (tertiary/aromatic N) is 4. The number of ether oxygens (including phenoxy) is 2. The maximum Gasteiger partial charge on any atom is 0.168 e. The fraction of sp³-hybridized carbons (Fsp3) is 0.346. The van der Waals surface area contributed by atoms with Crippen LogP contribution < -0.4 is 5.32 Å². The van der Waals surface area contributed by atoms with Crippen molar-refractivity contribution in [1.29, 1.82) is 0 Å². The third-order valence-electron chi connectivity index (χ3n) is 6.23. The van der Waals surface area contributed by atoms with Crippen molar-refractivity contribution in [1.82, 2.24) is 19.5 Å². The van der Waals surface area contributed by atoms with Crippen LogP contribution >= 0.6 is 0 Å². The lowest BCUT2D eigenvalue weighted by Crippen LogP contribution is -2.17. The first-order chi connectivity index (χ1) is 16.8. The third-order valence-corrected chi connectivity index (χ3v) is 6.23. The van der Waals surface area contributed by atoms with Gasteiger partial charge in [-0.2, -0.15) is 0 Å². The SMILES string of the molecule is COC[C@@H]1CC[C@H](n2cnc3c(NCC(c4ccccc4)c4ccccc4)nc(CO)nc32)O1. The number of aromatic nitrogens is 4. The van der Waals surface area contributed by atoms with Gasteiger partial charge in [0.15, 0.2) is 22.8 Å². The van der Waals surface area contributed by atoms with Crippen LogP contribution in [-0.2, 0) is 16.1 Å². The number of nitrogens with one attached hydrogen (secondary N) is 1.